The number of Topliss-reactive ketones (excluding diaryl/α,β-unsaturated/α-hetero) is 1. The number of rotatable bonds is 17. The van der Waals surface area contributed by atoms with Gasteiger partial charge >= 0.3 is 23.9 Å². The van der Waals surface area contributed by atoms with E-state index < -0.39 is 60.1 Å². The molecule has 216 valence electrons. The minimum atomic E-state index is -1.38. The number of aliphatic carboxylic acids is 1. The first-order valence-electron chi connectivity index (χ1n) is 13.1. The number of hydrogen-bond donors (Lipinski definition) is 2. The summed E-state index contributed by atoms with van der Waals surface area (Å²) < 4.78 is 22.2. The van der Waals surface area contributed by atoms with Gasteiger partial charge in [-0.25, -0.2) is 4.79 Å². The van der Waals surface area contributed by atoms with Crippen LogP contribution in [0, 0.1) is 0 Å². The third-order valence-corrected chi connectivity index (χ3v) is 6.10. The molecule has 1 fully saturated rings. The van der Waals surface area contributed by atoms with E-state index >= 15 is 0 Å². The van der Waals surface area contributed by atoms with Crippen molar-refractivity contribution in [2.45, 2.75) is 122 Å². The van der Waals surface area contributed by atoms with Gasteiger partial charge in [0.15, 0.2) is 12.2 Å². The Bertz CT molecular complexity index is 828. The maximum Gasteiger partial charge on any atom is 0.372 e. The Labute approximate surface area is 223 Å². The molecule has 12 heteroatoms. The summed E-state index contributed by atoms with van der Waals surface area (Å²) in [6.45, 7) is 4.76. The highest BCUT2D eigenvalue weighted by Gasteiger charge is 2.50. The lowest BCUT2D eigenvalue weighted by atomic mass is 9.89. The van der Waals surface area contributed by atoms with Crippen molar-refractivity contribution in [3.8, 4) is 0 Å². The Balaban J connectivity index is 2.72. The van der Waals surface area contributed by atoms with Crippen LogP contribution >= 0.6 is 0 Å². The van der Waals surface area contributed by atoms with Gasteiger partial charge in [-0.05, 0) is 12.8 Å². The third kappa shape index (κ3) is 13.0. The Morgan fingerprint density at radius 3 is 1.74 bits per heavy atom. The molecule has 0 spiro atoms. The van der Waals surface area contributed by atoms with Gasteiger partial charge in [0.05, 0.1) is 12.1 Å². The first-order chi connectivity index (χ1) is 17.9. The van der Waals surface area contributed by atoms with Crippen LogP contribution in [0.25, 0.3) is 0 Å². The highest BCUT2D eigenvalue weighted by atomic mass is 16.6. The molecular formula is C26H41NO11. The van der Waals surface area contributed by atoms with Gasteiger partial charge in [0.25, 0.3) is 0 Å². The van der Waals surface area contributed by atoms with Crippen LogP contribution in [-0.2, 0) is 47.7 Å². The Hall–Kier alpha value is -3.02. The maximum absolute atomic E-state index is 12.0. The van der Waals surface area contributed by atoms with E-state index in [0.29, 0.717) is 12.8 Å². The summed E-state index contributed by atoms with van der Waals surface area (Å²) in [6.07, 6.45) is 3.81. The third-order valence-electron chi connectivity index (χ3n) is 6.10. The summed E-state index contributed by atoms with van der Waals surface area (Å²) in [4.78, 5) is 68.7. The number of unbranched alkanes of at least 4 members (excludes halogenated alkanes) is 7. The summed E-state index contributed by atoms with van der Waals surface area (Å²) in [5.41, 5.74) is 0. The van der Waals surface area contributed by atoms with E-state index in [1.165, 1.54) is 27.7 Å². The molecule has 38 heavy (non-hydrogen) atoms. The monoisotopic (exact) mass is 543 g/mol. The summed E-state index contributed by atoms with van der Waals surface area (Å²) in [7, 11) is 0. The van der Waals surface area contributed by atoms with Crippen LogP contribution in [0.4, 0.5) is 0 Å². The zero-order chi connectivity index (χ0) is 28.7. The second kappa shape index (κ2) is 17.5. The number of hydrogen-bond acceptors (Lipinski definition) is 10. The van der Waals surface area contributed by atoms with Gasteiger partial charge in [0.1, 0.15) is 12.7 Å². The van der Waals surface area contributed by atoms with Crippen LogP contribution in [0.1, 0.15) is 91.9 Å². The number of esters is 3. The van der Waals surface area contributed by atoms with Gasteiger partial charge in [-0.15, -0.1) is 0 Å². The van der Waals surface area contributed by atoms with Gasteiger partial charge in [-0.2, -0.15) is 0 Å². The van der Waals surface area contributed by atoms with Crippen molar-refractivity contribution in [2.75, 3.05) is 6.61 Å². The molecule has 1 aliphatic heterocycles. The van der Waals surface area contributed by atoms with Crippen LogP contribution in [0.2, 0.25) is 0 Å². The van der Waals surface area contributed by atoms with E-state index in [4.69, 9.17) is 24.1 Å². The summed E-state index contributed by atoms with van der Waals surface area (Å²) >= 11 is 0. The van der Waals surface area contributed by atoms with Crippen LogP contribution in [0.15, 0.2) is 0 Å². The summed E-state index contributed by atoms with van der Waals surface area (Å²) in [5.74, 6) is -4.32. The van der Waals surface area contributed by atoms with Gasteiger partial charge in [0.2, 0.25) is 11.7 Å². The molecule has 0 aromatic carbocycles. The van der Waals surface area contributed by atoms with Gasteiger partial charge in [-0.1, -0.05) is 44.9 Å². The number of amides is 1. The lowest BCUT2D eigenvalue weighted by molar-refractivity contribution is -0.224. The normalized spacial score (nSPS) is 22.7. The first-order valence-corrected chi connectivity index (χ1v) is 13.1. The number of nitrogens with one attached hydrogen (secondary N) is 1. The lowest BCUT2D eigenvalue weighted by Gasteiger charge is -2.45. The Kier molecular flexibility index (Phi) is 15.2. The van der Waals surface area contributed by atoms with E-state index in [9.17, 15) is 28.8 Å². The number of carboxylic acids is 1. The zero-order valence-electron chi connectivity index (χ0n) is 22.7. The first kappa shape index (κ1) is 33.0. The minimum Gasteiger partial charge on any atom is -0.476 e. The van der Waals surface area contributed by atoms with Crippen LogP contribution in [0.3, 0.4) is 0 Å². The molecule has 1 rings (SSSR count). The lowest BCUT2D eigenvalue weighted by Crippen LogP contribution is -2.66. The van der Waals surface area contributed by atoms with Crippen molar-refractivity contribution in [3.05, 3.63) is 0 Å². The topological polar surface area (TPSA) is 172 Å². The number of ether oxygens (including phenoxy) is 4. The molecule has 0 aromatic heterocycles. The van der Waals surface area contributed by atoms with Crippen LogP contribution in [0.5, 0.6) is 0 Å². The molecule has 5 atom stereocenters. The van der Waals surface area contributed by atoms with Crippen molar-refractivity contribution in [2.24, 2.45) is 0 Å². The number of carbonyl (C=O) groups is 6. The van der Waals surface area contributed by atoms with Crippen molar-refractivity contribution >= 4 is 35.6 Å². The fourth-order valence-electron chi connectivity index (χ4n) is 4.47. The molecule has 12 nitrogen and oxygen atoms in total. The van der Waals surface area contributed by atoms with E-state index in [1.807, 2.05) is 0 Å². The van der Waals surface area contributed by atoms with Crippen molar-refractivity contribution in [1.29, 1.82) is 0 Å². The standard InChI is InChI=1S/C26H41NO11/c1-16(28)27-23-21(14-12-10-8-6-5-7-9-11-13-20(32)26(33)34)38-22(15-35-17(2)29)24(36-18(3)30)25(23)37-19(4)31/h21-25H,5-15H2,1-4H3,(H,27,28)(H,33,34)/t21-,22-,23-,24+,25-/m1/s1. The number of carbonyl (C=O) groups excluding carboxylic acids is 5. The molecule has 0 radical (unpaired) electrons. The van der Waals surface area contributed by atoms with E-state index in [2.05, 4.69) is 5.32 Å². The zero-order valence-corrected chi connectivity index (χ0v) is 22.7. The molecule has 0 saturated carbocycles. The van der Waals surface area contributed by atoms with Gasteiger partial charge in [0, 0.05) is 34.1 Å². The maximum atomic E-state index is 12.0. The highest BCUT2D eigenvalue weighted by Crippen LogP contribution is 2.30. The SMILES string of the molecule is CC(=O)N[C@H]1[C@@H](OC(C)=O)[C@@H](OC(C)=O)[C@@H](COC(C)=O)O[C@@H]1CCCCCCCCCCC(=O)C(=O)O. The summed E-state index contributed by atoms with van der Waals surface area (Å²) in [5, 5.41) is 11.4. The largest absolute Gasteiger partial charge is 0.476 e. The molecule has 2 N–H and O–H groups in total. The predicted octanol–water partition coefficient (Wildman–Crippen LogP) is 2.24. The molecule has 1 heterocycles. The minimum absolute atomic E-state index is 0.0668. The van der Waals surface area contributed by atoms with E-state index in [-0.39, 0.29) is 18.9 Å². The molecule has 0 aliphatic carbocycles. The smallest absolute Gasteiger partial charge is 0.372 e. The molecule has 0 unspecified atom stereocenters. The summed E-state index contributed by atoms with van der Waals surface area (Å²) in [6, 6.07) is -0.775. The number of carboxylic acid groups (broad SMARTS) is 1. The van der Waals surface area contributed by atoms with Gasteiger partial charge < -0.3 is 29.4 Å². The molecular weight excluding hydrogens is 502 g/mol. The predicted molar refractivity (Wildman–Crippen MR) is 133 cm³/mol. The molecule has 1 amide bonds. The molecule has 1 saturated heterocycles. The Morgan fingerprint density at radius 1 is 0.711 bits per heavy atom. The van der Waals surface area contributed by atoms with Crippen LogP contribution < -0.4 is 5.32 Å². The number of ketones is 1. The molecule has 0 aromatic rings. The fourth-order valence-corrected chi connectivity index (χ4v) is 4.47. The van der Waals surface area contributed by atoms with Crippen molar-refractivity contribution in [1.82, 2.24) is 5.32 Å². The fraction of sp³-hybridized carbons (Fsp3) is 0.769. The van der Waals surface area contributed by atoms with Crippen LogP contribution in [-0.4, -0.2) is 77.7 Å². The van der Waals surface area contributed by atoms with Crippen molar-refractivity contribution < 1.29 is 52.8 Å². The van der Waals surface area contributed by atoms with E-state index in [1.54, 1.807) is 0 Å². The second-order valence-corrected chi connectivity index (χ2v) is 9.49. The molecule has 0 bridgehead atoms. The van der Waals surface area contributed by atoms with E-state index in [0.717, 1.165) is 44.9 Å². The Morgan fingerprint density at radius 2 is 1.24 bits per heavy atom. The highest BCUT2D eigenvalue weighted by molar-refractivity contribution is 6.32. The average Bonchev–Trinajstić information content (AvgIpc) is 2.81. The van der Waals surface area contributed by atoms with Crippen molar-refractivity contribution in [3.63, 3.8) is 0 Å². The quantitative estimate of drug-likeness (QED) is 0.119. The van der Waals surface area contributed by atoms with Gasteiger partial charge in [-0.3, -0.25) is 24.0 Å². The molecule has 1 aliphatic rings. The average molecular weight is 544 g/mol. The second-order valence-electron chi connectivity index (χ2n) is 9.49.